The fourth-order valence-electron chi connectivity index (χ4n) is 3.17. The van der Waals surface area contributed by atoms with Crippen molar-refractivity contribution < 1.29 is 18.7 Å². The molecular formula is C20H13ClFN3O3S. The van der Waals surface area contributed by atoms with E-state index in [2.05, 4.69) is 10.4 Å². The van der Waals surface area contributed by atoms with Gasteiger partial charge in [0.1, 0.15) is 17.5 Å². The average Bonchev–Trinajstić information content (AvgIpc) is 3.16. The van der Waals surface area contributed by atoms with Crippen LogP contribution in [0.4, 0.5) is 4.39 Å². The van der Waals surface area contributed by atoms with Crippen LogP contribution in [0.3, 0.4) is 0 Å². The molecule has 5 rings (SSSR count). The van der Waals surface area contributed by atoms with Crippen LogP contribution >= 0.6 is 23.4 Å². The van der Waals surface area contributed by atoms with Crippen LogP contribution in [-0.2, 0) is 4.79 Å². The highest BCUT2D eigenvalue weighted by Gasteiger charge is 2.30. The number of carbonyl (C=O) groups is 1. The summed E-state index contributed by atoms with van der Waals surface area (Å²) in [4.78, 5) is 13.5. The van der Waals surface area contributed by atoms with Crippen LogP contribution in [0.5, 0.6) is 11.5 Å². The molecule has 146 valence electrons. The number of hydrogen-bond donors (Lipinski definition) is 1. The number of nitrogens with one attached hydrogen (secondary N) is 1. The first-order valence-corrected chi connectivity index (χ1v) is 9.87. The molecule has 1 N–H and O–H groups in total. The van der Waals surface area contributed by atoms with Crippen LogP contribution in [0.25, 0.3) is 5.57 Å². The quantitative estimate of drug-likeness (QED) is 0.782. The molecule has 2 aromatic rings. The molecule has 0 aliphatic carbocycles. The van der Waals surface area contributed by atoms with Crippen LogP contribution in [0.2, 0.25) is 5.02 Å². The second-order valence-electron chi connectivity index (χ2n) is 6.34. The fourth-order valence-corrected chi connectivity index (χ4v) is 4.21. The van der Waals surface area contributed by atoms with Crippen LogP contribution < -0.4 is 14.8 Å². The Kier molecular flexibility index (Phi) is 4.44. The summed E-state index contributed by atoms with van der Waals surface area (Å²) in [6.45, 7) is 0.352. The van der Waals surface area contributed by atoms with Gasteiger partial charge in [-0.25, -0.2) is 9.40 Å². The first-order valence-electron chi connectivity index (χ1n) is 8.68. The van der Waals surface area contributed by atoms with Gasteiger partial charge in [-0.05, 0) is 42.5 Å². The maximum atomic E-state index is 13.1. The zero-order chi connectivity index (χ0) is 20.0. The highest BCUT2D eigenvalue weighted by molar-refractivity contribution is 8.14. The minimum Gasteiger partial charge on any atom is -0.454 e. The lowest BCUT2D eigenvalue weighted by molar-refractivity contribution is -0.116. The highest BCUT2D eigenvalue weighted by Crippen LogP contribution is 2.41. The van der Waals surface area contributed by atoms with Crippen molar-refractivity contribution >= 4 is 39.9 Å². The molecule has 0 radical (unpaired) electrons. The van der Waals surface area contributed by atoms with E-state index in [1.807, 2.05) is 12.2 Å². The van der Waals surface area contributed by atoms with Crippen molar-refractivity contribution in [1.82, 2.24) is 10.3 Å². The second kappa shape index (κ2) is 7.13. The summed E-state index contributed by atoms with van der Waals surface area (Å²) in [5, 5.41) is 10.2. The molecule has 0 saturated heterocycles. The standard InChI is InChI=1S/C20H13ClFN3O3S/c21-14-8-17-16(27-10-28-17)7-13(14)19-15-5-6-18(24-25(15)9-23-20(19)26)29-12-3-1-11(22)2-4-12/h1-8H,9-10H2,(H,23,26). The number of hydrogen-bond acceptors (Lipinski definition) is 6. The van der Waals surface area contributed by atoms with Gasteiger partial charge in [-0.15, -0.1) is 0 Å². The van der Waals surface area contributed by atoms with Crippen molar-refractivity contribution in [2.24, 2.45) is 5.10 Å². The molecule has 3 aliphatic heterocycles. The van der Waals surface area contributed by atoms with Gasteiger partial charge in [-0.2, -0.15) is 5.10 Å². The zero-order valence-corrected chi connectivity index (χ0v) is 16.4. The van der Waals surface area contributed by atoms with Crippen molar-refractivity contribution in [2.75, 3.05) is 13.5 Å². The predicted octanol–water partition coefficient (Wildman–Crippen LogP) is 3.98. The average molecular weight is 430 g/mol. The molecule has 3 aliphatic rings. The summed E-state index contributed by atoms with van der Waals surface area (Å²) in [5.74, 6) is 0.557. The zero-order valence-electron chi connectivity index (χ0n) is 14.8. The van der Waals surface area contributed by atoms with Crippen LogP contribution in [0, 0.1) is 5.82 Å². The monoisotopic (exact) mass is 429 g/mol. The van der Waals surface area contributed by atoms with Gasteiger partial charge >= 0.3 is 0 Å². The summed E-state index contributed by atoms with van der Waals surface area (Å²) in [5.41, 5.74) is 1.59. The molecule has 29 heavy (non-hydrogen) atoms. The maximum absolute atomic E-state index is 13.1. The molecule has 1 amide bonds. The van der Waals surface area contributed by atoms with Crippen molar-refractivity contribution in [3.05, 3.63) is 70.7 Å². The van der Waals surface area contributed by atoms with Gasteiger partial charge in [-0.1, -0.05) is 23.4 Å². The molecule has 0 atom stereocenters. The molecule has 6 nitrogen and oxygen atoms in total. The molecule has 0 saturated carbocycles. The predicted molar refractivity (Wildman–Crippen MR) is 108 cm³/mol. The molecule has 0 fully saturated rings. The fraction of sp³-hybridized carbons (Fsp3) is 0.100. The molecular weight excluding hydrogens is 417 g/mol. The highest BCUT2D eigenvalue weighted by atomic mass is 35.5. The third-order valence-corrected chi connectivity index (χ3v) is 5.77. The van der Waals surface area contributed by atoms with Crippen molar-refractivity contribution in [1.29, 1.82) is 0 Å². The Morgan fingerprint density at radius 3 is 2.69 bits per heavy atom. The van der Waals surface area contributed by atoms with E-state index in [1.165, 1.54) is 23.9 Å². The number of rotatable bonds is 2. The van der Waals surface area contributed by atoms with Gasteiger partial charge < -0.3 is 14.8 Å². The number of thioether (sulfide) groups is 1. The summed E-state index contributed by atoms with van der Waals surface area (Å²) >= 11 is 7.83. The van der Waals surface area contributed by atoms with E-state index in [0.717, 1.165) is 4.90 Å². The Balaban J connectivity index is 1.50. The van der Waals surface area contributed by atoms with E-state index in [1.54, 1.807) is 29.3 Å². The summed E-state index contributed by atoms with van der Waals surface area (Å²) < 4.78 is 23.9. The third kappa shape index (κ3) is 3.34. The largest absolute Gasteiger partial charge is 0.454 e. The normalized spacial score (nSPS) is 17.2. The summed E-state index contributed by atoms with van der Waals surface area (Å²) in [7, 11) is 0. The number of benzene rings is 2. The summed E-state index contributed by atoms with van der Waals surface area (Å²) in [6, 6.07) is 9.54. The molecule has 0 unspecified atom stereocenters. The van der Waals surface area contributed by atoms with E-state index >= 15 is 0 Å². The van der Waals surface area contributed by atoms with E-state index in [9.17, 15) is 9.18 Å². The van der Waals surface area contributed by atoms with Gasteiger partial charge in [0.25, 0.3) is 5.91 Å². The van der Waals surface area contributed by atoms with Gasteiger partial charge in [0.15, 0.2) is 11.5 Å². The number of hydrazone groups is 1. The number of allylic oxidation sites excluding steroid dienone is 1. The Morgan fingerprint density at radius 2 is 1.90 bits per heavy atom. The molecule has 2 aromatic carbocycles. The second-order valence-corrected chi connectivity index (χ2v) is 7.84. The van der Waals surface area contributed by atoms with E-state index in [4.69, 9.17) is 21.1 Å². The number of fused-ring (bicyclic) bond motifs is 2. The minimum atomic E-state index is -0.287. The molecule has 0 aromatic heterocycles. The van der Waals surface area contributed by atoms with Gasteiger partial charge in [-0.3, -0.25) is 4.79 Å². The Labute approximate surface area is 174 Å². The van der Waals surface area contributed by atoms with Gasteiger partial charge in [0, 0.05) is 16.5 Å². The lowest BCUT2D eigenvalue weighted by Crippen LogP contribution is -2.41. The van der Waals surface area contributed by atoms with Gasteiger partial charge in [0.2, 0.25) is 6.79 Å². The van der Waals surface area contributed by atoms with E-state index < -0.39 is 0 Å². The number of halogens is 2. The Morgan fingerprint density at radius 1 is 1.14 bits per heavy atom. The van der Waals surface area contributed by atoms with Gasteiger partial charge in [0.05, 0.1) is 16.3 Å². The molecule has 0 spiro atoms. The number of carbonyl (C=O) groups excluding carboxylic acids is 1. The first-order chi connectivity index (χ1) is 14.1. The topological polar surface area (TPSA) is 63.2 Å². The number of amides is 1. The van der Waals surface area contributed by atoms with E-state index in [0.29, 0.717) is 38.4 Å². The van der Waals surface area contributed by atoms with Crippen LogP contribution in [0.1, 0.15) is 5.56 Å². The van der Waals surface area contributed by atoms with Crippen LogP contribution in [-0.4, -0.2) is 29.4 Å². The number of ether oxygens (including phenoxy) is 2. The van der Waals surface area contributed by atoms with Crippen molar-refractivity contribution in [3.63, 3.8) is 0 Å². The third-order valence-electron chi connectivity index (χ3n) is 4.52. The molecule has 9 heteroatoms. The first kappa shape index (κ1) is 18.1. The van der Waals surface area contributed by atoms with Crippen LogP contribution in [0.15, 0.2) is 64.2 Å². The Hall–Kier alpha value is -2.97. The lowest BCUT2D eigenvalue weighted by Gasteiger charge is -2.31. The lowest BCUT2D eigenvalue weighted by atomic mass is 9.99. The molecule has 0 bridgehead atoms. The van der Waals surface area contributed by atoms with E-state index in [-0.39, 0.29) is 25.2 Å². The van der Waals surface area contributed by atoms with Crippen molar-refractivity contribution in [3.8, 4) is 11.5 Å². The summed E-state index contributed by atoms with van der Waals surface area (Å²) in [6.07, 6.45) is 3.65. The Bertz CT molecular complexity index is 1110. The smallest absolute Gasteiger partial charge is 0.255 e. The van der Waals surface area contributed by atoms with Crippen molar-refractivity contribution in [2.45, 2.75) is 4.90 Å². The maximum Gasteiger partial charge on any atom is 0.255 e. The SMILES string of the molecule is O=C1NCN2N=C(Sc3ccc(F)cc3)C=CC2=C1c1cc2c(cc1Cl)OCO2. The number of nitrogens with zero attached hydrogens (tertiary/aromatic N) is 2. The minimum absolute atomic E-state index is 0.119. The molecule has 3 heterocycles.